The molecule has 0 bridgehead atoms. The van der Waals surface area contributed by atoms with E-state index in [-0.39, 0.29) is 5.92 Å². The van der Waals surface area contributed by atoms with Crippen LogP contribution in [0.1, 0.15) is 32.6 Å². The van der Waals surface area contributed by atoms with Crippen molar-refractivity contribution in [2.24, 2.45) is 5.92 Å². The molecular weight excluding hydrogens is 362 g/mol. The lowest BCUT2D eigenvalue weighted by atomic mass is 9.89. The van der Waals surface area contributed by atoms with Crippen molar-refractivity contribution < 1.29 is 0 Å². The summed E-state index contributed by atoms with van der Waals surface area (Å²) in [6.07, 6.45) is 28.4. The van der Waals surface area contributed by atoms with Gasteiger partial charge in [-0.25, -0.2) is 0 Å². The van der Waals surface area contributed by atoms with E-state index in [1.54, 1.807) is 0 Å². The van der Waals surface area contributed by atoms with Gasteiger partial charge in [0.25, 0.3) is 0 Å². The molecule has 0 saturated carbocycles. The molecule has 1 aliphatic rings. The van der Waals surface area contributed by atoms with Gasteiger partial charge >= 0.3 is 0 Å². The fraction of sp³-hybridized carbons (Fsp3) is 0.241. The highest BCUT2D eigenvalue weighted by Crippen LogP contribution is 2.29. The first-order valence-electron chi connectivity index (χ1n) is 10.7. The van der Waals surface area contributed by atoms with Crippen molar-refractivity contribution in [1.29, 1.82) is 0 Å². The van der Waals surface area contributed by atoms with Crippen molar-refractivity contribution in [2.75, 3.05) is 6.54 Å². The van der Waals surface area contributed by atoms with Crippen molar-refractivity contribution >= 4 is 0 Å². The van der Waals surface area contributed by atoms with E-state index in [1.807, 2.05) is 30.4 Å². The predicted molar refractivity (Wildman–Crippen MR) is 136 cm³/mol. The van der Waals surface area contributed by atoms with Gasteiger partial charge in [0.2, 0.25) is 0 Å². The van der Waals surface area contributed by atoms with E-state index in [0.29, 0.717) is 0 Å². The van der Waals surface area contributed by atoms with E-state index < -0.39 is 0 Å². The Kier molecular flexibility index (Phi) is 12.4. The first-order valence-corrected chi connectivity index (χ1v) is 10.7. The minimum absolute atomic E-state index is 0.228. The van der Waals surface area contributed by atoms with E-state index >= 15 is 0 Å². The Morgan fingerprint density at radius 3 is 2.37 bits per heavy atom. The third-order valence-corrected chi connectivity index (χ3v) is 4.93. The molecule has 1 nitrogen and oxygen atoms in total. The highest BCUT2D eigenvalue weighted by molar-refractivity contribution is 5.52. The van der Waals surface area contributed by atoms with Gasteiger partial charge in [0.1, 0.15) is 0 Å². The summed E-state index contributed by atoms with van der Waals surface area (Å²) >= 11 is 0. The van der Waals surface area contributed by atoms with Crippen molar-refractivity contribution in [2.45, 2.75) is 32.6 Å². The highest BCUT2D eigenvalue weighted by Gasteiger charge is 2.16. The largest absolute Gasteiger partial charge is 0.384 e. The number of rotatable bonds is 14. The van der Waals surface area contributed by atoms with Gasteiger partial charge in [-0.1, -0.05) is 86.9 Å². The summed E-state index contributed by atoms with van der Waals surface area (Å²) in [6.45, 7) is 22.6. The van der Waals surface area contributed by atoms with Gasteiger partial charge in [-0.15, -0.1) is 19.7 Å². The number of allylic oxidation sites excluding steroid dienone is 15. The molecule has 0 aromatic rings. The lowest BCUT2D eigenvalue weighted by Gasteiger charge is -2.20. The minimum atomic E-state index is 0.228. The van der Waals surface area contributed by atoms with Crippen molar-refractivity contribution in [3.63, 3.8) is 0 Å². The molecule has 0 aromatic heterocycles. The SMILES string of the molecule is C=CC\C=C/C(=C\CC=C)C(/C=C)=C(/C=C)CC1C=CC(CC)=CC=C1NCC=C. The fourth-order valence-electron chi connectivity index (χ4n) is 3.26. The monoisotopic (exact) mass is 399 g/mol. The second-order valence-corrected chi connectivity index (χ2v) is 7.01. The Morgan fingerprint density at radius 1 is 1.00 bits per heavy atom. The van der Waals surface area contributed by atoms with Crippen LogP contribution in [-0.2, 0) is 0 Å². The van der Waals surface area contributed by atoms with Gasteiger partial charge in [0.05, 0.1) is 0 Å². The smallest absolute Gasteiger partial charge is 0.0325 e. The topological polar surface area (TPSA) is 12.0 Å². The molecule has 0 amide bonds. The third-order valence-electron chi connectivity index (χ3n) is 4.93. The first kappa shape index (κ1) is 25.0. The maximum Gasteiger partial charge on any atom is 0.0325 e. The van der Waals surface area contributed by atoms with E-state index in [0.717, 1.165) is 43.4 Å². The predicted octanol–water partition coefficient (Wildman–Crippen LogP) is 7.86. The first-order chi connectivity index (χ1) is 14.6. The van der Waals surface area contributed by atoms with Crippen LogP contribution in [0.5, 0.6) is 0 Å². The number of hydrogen-bond donors (Lipinski definition) is 1. The van der Waals surface area contributed by atoms with Crippen molar-refractivity contribution in [3.05, 3.63) is 134 Å². The van der Waals surface area contributed by atoms with Crippen LogP contribution >= 0.6 is 0 Å². The van der Waals surface area contributed by atoms with Crippen LogP contribution in [-0.4, -0.2) is 6.54 Å². The van der Waals surface area contributed by atoms with E-state index in [4.69, 9.17) is 0 Å². The molecule has 0 saturated heterocycles. The minimum Gasteiger partial charge on any atom is -0.384 e. The Labute approximate surface area is 184 Å². The van der Waals surface area contributed by atoms with Gasteiger partial charge in [0, 0.05) is 18.2 Å². The Hall–Kier alpha value is -3.06. The van der Waals surface area contributed by atoms with E-state index in [9.17, 15) is 0 Å². The summed E-state index contributed by atoms with van der Waals surface area (Å²) in [5.41, 5.74) is 5.93. The standard InChI is InChI=1S/C29H37N/c1-7-13-15-17-26(16-14-8-2)28(12-6)25(11-5)23-27-20-18-24(10-4)19-21-29(27)30-22-9-3/h7-9,11-12,15-21,27,30H,1-3,5-6,10,13-14,22-23H2,4H3/b17-15-,26-16+,28-25-. The molecule has 30 heavy (non-hydrogen) atoms. The molecule has 158 valence electrons. The molecule has 1 N–H and O–H groups in total. The van der Waals surface area contributed by atoms with Crippen LogP contribution in [0.25, 0.3) is 0 Å². The van der Waals surface area contributed by atoms with Gasteiger partial charge in [-0.05, 0) is 54.1 Å². The van der Waals surface area contributed by atoms with Gasteiger partial charge < -0.3 is 5.32 Å². The highest BCUT2D eigenvalue weighted by atomic mass is 14.9. The summed E-state index contributed by atoms with van der Waals surface area (Å²) in [7, 11) is 0. The van der Waals surface area contributed by atoms with Gasteiger partial charge in [0.15, 0.2) is 0 Å². The molecule has 1 unspecified atom stereocenters. The lowest BCUT2D eigenvalue weighted by molar-refractivity contribution is 0.677. The molecule has 1 aliphatic carbocycles. The lowest BCUT2D eigenvalue weighted by Crippen LogP contribution is -2.19. The van der Waals surface area contributed by atoms with Crippen molar-refractivity contribution in [3.8, 4) is 0 Å². The van der Waals surface area contributed by atoms with Crippen LogP contribution in [0.2, 0.25) is 0 Å². The van der Waals surface area contributed by atoms with Gasteiger partial charge in [-0.2, -0.15) is 0 Å². The van der Waals surface area contributed by atoms with E-state index in [1.165, 1.54) is 16.8 Å². The van der Waals surface area contributed by atoms with Crippen LogP contribution in [0, 0.1) is 5.92 Å². The van der Waals surface area contributed by atoms with Crippen LogP contribution < -0.4 is 5.32 Å². The third kappa shape index (κ3) is 8.13. The van der Waals surface area contributed by atoms with Crippen LogP contribution in [0.4, 0.5) is 0 Å². The summed E-state index contributed by atoms with van der Waals surface area (Å²) in [4.78, 5) is 0. The van der Waals surface area contributed by atoms with Crippen LogP contribution in [0.15, 0.2) is 134 Å². The Bertz CT molecular complexity index is 805. The Morgan fingerprint density at radius 2 is 1.77 bits per heavy atom. The summed E-state index contributed by atoms with van der Waals surface area (Å²) in [5, 5.41) is 3.51. The zero-order valence-corrected chi connectivity index (χ0v) is 18.6. The fourth-order valence-corrected chi connectivity index (χ4v) is 3.26. The van der Waals surface area contributed by atoms with Crippen LogP contribution in [0.3, 0.4) is 0 Å². The van der Waals surface area contributed by atoms with Gasteiger partial charge in [-0.3, -0.25) is 0 Å². The second kappa shape index (κ2) is 14.9. The zero-order chi connectivity index (χ0) is 22.2. The number of nitrogens with one attached hydrogen (secondary N) is 1. The molecule has 1 rings (SSSR count). The molecule has 0 aromatic carbocycles. The second-order valence-electron chi connectivity index (χ2n) is 7.01. The molecular formula is C29H37N. The number of hydrogen-bond acceptors (Lipinski definition) is 1. The molecule has 0 radical (unpaired) electrons. The quantitative estimate of drug-likeness (QED) is 0.231. The average Bonchev–Trinajstić information content (AvgIpc) is 2.96. The molecule has 0 aliphatic heterocycles. The maximum absolute atomic E-state index is 4.11. The zero-order valence-electron chi connectivity index (χ0n) is 18.6. The summed E-state index contributed by atoms with van der Waals surface area (Å²) in [5.74, 6) is 0.228. The summed E-state index contributed by atoms with van der Waals surface area (Å²) in [6, 6.07) is 0. The molecule has 1 heteroatoms. The molecule has 1 atom stereocenters. The normalized spacial score (nSPS) is 17.4. The molecule has 0 fully saturated rings. The average molecular weight is 400 g/mol. The Balaban J connectivity index is 3.35. The summed E-state index contributed by atoms with van der Waals surface area (Å²) < 4.78 is 0. The van der Waals surface area contributed by atoms with E-state index in [2.05, 4.69) is 87.7 Å². The molecule has 0 spiro atoms. The maximum atomic E-state index is 4.11. The van der Waals surface area contributed by atoms with Crippen molar-refractivity contribution in [1.82, 2.24) is 5.32 Å². The molecule has 0 heterocycles.